The number of carbonyl (C=O) groups is 14. The number of aliphatic hydroxyl groups excluding tert-OH is 1. The van der Waals surface area contributed by atoms with E-state index in [0.29, 0.717) is 24.1 Å². The number of carbonyl (C=O) groups excluding carboxylic acids is 13. The van der Waals surface area contributed by atoms with Gasteiger partial charge in [-0.25, -0.2) is 9.78 Å². The van der Waals surface area contributed by atoms with E-state index in [2.05, 4.69) is 73.8 Å². The van der Waals surface area contributed by atoms with Crippen LogP contribution in [0.1, 0.15) is 77.5 Å². The highest BCUT2D eigenvalue weighted by molar-refractivity contribution is 8.77. The van der Waals surface area contributed by atoms with Gasteiger partial charge in [0.25, 0.3) is 0 Å². The largest absolute Gasteiger partial charge is 0.508 e. The number of imidazole rings is 1. The summed E-state index contributed by atoms with van der Waals surface area (Å²) in [5.41, 5.74) is 6.57. The van der Waals surface area contributed by atoms with E-state index in [1.807, 2.05) is 0 Å². The monoisotopic (exact) mass is 1390 g/mol. The summed E-state index contributed by atoms with van der Waals surface area (Å²) in [6.07, 6.45) is 1.53. The highest BCUT2D eigenvalue weighted by atomic mass is 33.1. The number of fused-ring (bicyclic) bond motifs is 6. The summed E-state index contributed by atoms with van der Waals surface area (Å²) in [6.45, 7) is 4.90. The topological polar surface area (TPSA) is 502 Å². The van der Waals surface area contributed by atoms with Gasteiger partial charge in [0.15, 0.2) is 0 Å². The van der Waals surface area contributed by atoms with Crippen LogP contribution in [0.5, 0.6) is 5.75 Å². The van der Waals surface area contributed by atoms with Crippen molar-refractivity contribution in [2.75, 3.05) is 49.2 Å². The lowest BCUT2D eigenvalue weighted by atomic mass is 10.0. The zero-order valence-corrected chi connectivity index (χ0v) is 55.3. The number of hydrogen-bond acceptors (Lipinski definition) is 22. The number of aliphatic carboxylic acids is 1. The van der Waals surface area contributed by atoms with E-state index in [4.69, 9.17) is 5.73 Å². The average Bonchev–Trinajstić information content (AvgIpc) is 1.62. The van der Waals surface area contributed by atoms with Crippen LogP contribution < -0.4 is 69.5 Å². The van der Waals surface area contributed by atoms with Crippen molar-refractivity contribution in [1.29, 1.82) is 0 Å². The molecule has 1 aromatic heterocycles. The molecule has 33 nitrogen and oxygen atoms in total. The van der Waals surface area contributed by atoms with Crippen molar-refractivity contribution >= 4 is 126 Å². The third-order valence-corrected chi connectivity index (χ3v) is 20.3. The van der Waals surface area contributed by atoms with Crippen molar-refractivity contribution in [2.45, 2.75) is 152 Å². The third-order valence-electron chi connectivity index (χ3n) is 15.4. The molecule has 2 aromatic rings. The van der Waals surface area contributed by atoms with Crippen LogP contribution in [0.4, 0.5) is 0 Å². The molecule has 0 unspecified atom stereocenters. The lowest BCUT2D eigenvalue weighted by Gasteiger charge is -2.31. The molecule has 0 saturated carbocycles. The number of nitrogens with two attached hydrogens (primary N) is 1. The van der Waals surface area contributed by atoms with Gasteiger partial charge in [0, 0.05) is 60.7 Å². The van der Waals surface area contributed by atoms with Crippen LogP contribution in [0, 0.1) is 11.8 Å². The van der Waals surface area contributed by atoms with Crippen molar-refractivity contribution < 1.29 is 82.4 Å². The maximum Gasteiger partial charge on any atom is 0.327 e. The fraction of sp³-hybridized carbons (Fsp3) is 0.596. The predicted molar refractivity (Wildman–Crippen MR) is 345 cm³/mol. The van der Waals surface area contributed by atoms with Crippen molar-refractivity contribution in [3.8, 4) is 5.75 Å². The number of hydrogen-bond donors (Lipinski definition) is 17. The number of aromatic nitrogens is 2. The number of nitrogens with one attached hydrogen (secondary N) is 13. The minimum atomic E-state index is -1.71. The van der Waals surface area contributed by atoms with E-state index < -0.39 is 186 Å². The van der Waals surface area contributed by atoms with Gasteiger partial charge in [0.2, 0.25) is 76.8 Å². The normalized spacial score (nSPS) is 26.6. The number of phenols is 1. The summed E-state index contributed by atoms with van der Waals surface area (Å²) in [5, 5.41) is 62.5. The number of nitrogens with zero attached hydrogens (tertiary/aromatic N) is 2. The molecule has 0 spiro atoms. The number of amides is 13. The Kier molecular flexibility index (Phi) is 29.3. The minimum absolute atomic E-state index is 0.00644. The van der Waals surface area contributed by atoms with Crippen molar-refractivity contribution in [3.05, 3.63) is 48.0 Å². The zero-order valence-electron chi connectivity index (χ0n) is 52.0. The number of carboxylic acid groups (broad SMARTS) is 1. The molecule has 2 bridgehead atoms. The predicted octanol–water partition coefficient (Wildman–Crippen LogP) is -4.95. The highest BCUT2D eigenvalue weighted by Gasteiger charge is 2.45. The van der Waals surface area contributed by atoms with Gasteiger partial charge in [-0.15, -0.1) is 0 Å². The lowest BCUT2D eigenvalue weighted by molar-refractivity contribution is -0.146. The molecule has 4 saturated heterocycles. The Hall–Kier alpha value is -7.87. The first kappa shape index (κ1) is 75.2. The molecule has 516 valence electrons. The number of aromatic hydroxyl groups is 1. The van der Waals surface area contributed by atoms with Crippen molar-refractivity contribution in [1.82, 2.24) is 78.7 Å². The molecule has 37 heteroatoms. The zero-order chi connectivity index (χ0) is 68.8. The molecule has 5 heterocycles. The van der Waals surface area contributed by atoms with Gasteiger partial charge in [-0.05, 0) is 68.2 Å². The van der Waals surface area contributed by atoms with Crippen LogP contribution >= 0.6 is 43.2 Å². The van der Waals surface area contributed by atoms with Crippen LogP contribution in [0.25, 0.3) is 0 Å². The minimum Gasteiger partial charge on any atom is -0.508 e. The molecule has 4 aliphatic heterocycles. The third kappa shape index (κ3) is 22.7. The summed E-state index contributed by atoms with van der Waals surface area (Å²) >= 11 is 0. The Morgan fingerprint density at radius 1 is 0.691 bits per heavy atom. The fourth-order valence-corrected chi connectivity index (χ4v) is 14.8. The van der Waals surface area contributed by atoms with Crippen molar-refractivity contribution in [2.24, 2.45) is 17.6 Å². The highest BCUT2D eigenvalue weighted by Crippen LogP contribution is 2.27. The number of rotatable bonds is 17. The number of phenolic OH excluding ortho intramolecular Hbond substituents is 1. The summed E-state index contributed by atoms with van der Waals surface area (Å²) in [4.78, 5) is 203. The molecule has 18 N–H and O–H groups in total. The second-order valence-corrected chi connectivity index (χ2v) is 28.5. The van der Waals surface area contributed by atoms with Crippen LogP contribution in [0.3, 0.4) is 0 Å². The van der Waals surface area contributed by atoms with E-state index in [-0.39, 0.29) is 74.8 Å². The molecule has 6 rings (SSSR count). The van der Waals surface area contributed by atoms with Gasteiger partial charge in [0.05, 0.1) is 25.5 Å². The maximum atomic E-state index is 14.9. The van der Waals surface area contributed by atoms with E-state index >= 15 is 0 Å². The maximum absolute atomic E-state index is 14.9. The summed E-state index contributed by atoms with van der Waals surface area (Å²) in [6, 6.07) is -10.6. The number of H-pyrrole nitrogens is 1. The summed E-state index contributed by atoms with van der Waals surface area (Å²) in [5.74, 6) is -15.8. The van der Waals surface area contributed by atoms with E-state index in [1.165, 1.54) is 36.8 Å². The number of benzene rings is 1. The van der Waals surface area contributed by atoms with E-state index in [1.54, 1.807) is 27.7 Å². The van der Waals surface area contributed by atoms with Crippen LogP contribution in [0.15, 0.2) is 36.8 Å². The van der Waals surface area contributed by atoms with Gasteiger partial charge in [-0.1, -0.05) is 83.0 Å². The molecule has 0 radical (unpaired) electrons. The van der Waals surface area contributed by atoms with Gasteiger partial charge in [-0.3, -0.25) is 62.3 Å². The Bertz CT molecular complexity index is 3060. The molecule has 94 heavy (non-hydrogen) atoms. The molecule has 1 aromatic carbocycles. The average molecular weight is 1390 g/mol. The second kappa shape index (κ2) is 36.7. The molecule has 0 aliphatic carbocycles. The van der Waals surface area contributed by atoms with Gasteiger partial charge >= 0.3 is 5.97 Å². The Morgan fingerprint density at radius 2 is 1.35 bits per heavy atom. The van der Waals surface area contributed by atoms with E-state index in [9.17, 15) is 82.4 Å². The number of aromatic amines is 1. The molecular weight excluding hydrogens is 1310 g/mol. The van der Waals surface area contributed by atoms with Gasteiger partial charge < -0.3 is 94.7 Å². The fourth-order valence-electron chi connectivity index (χ4n) is 10.2. The molecule has 13 amide bonds. The van der Waals surface area contributed by atoms with Crippen LogP contribution in [-0.2, 0) is 80.0 Å². The quantitative estimate of drug-likeness (QED) is 0.0521. The number of unbranched alkanes of at least 4 members (excludes halogenated alkanes) is 1. The lowest BCUT2D eigenvalue weighted by Crippen LogP contribution is -2.62. The SMILES string of the molecule is CC(C)[C@H](NC(=O)CNC(=O)[C@@H]1CCC(=O)N1)C(=O)N[C@H]1CSSC[C@@H](C(=O)O)NC(=O)[C@@H]2[C@@H](O)CCN2C(=O)[C@H](Cc2cnc[nH]2)NC(=O)[C@@H]2CSSC[C@H](NC1=O)C(=O)NCC(=O)N[C@@H](Cc1ccc(O)cc1)C(=O)N[C@@H](CCCCN)C(=O)N[C@@H](C(C)C)C(=O)N2. The molecule has 4 fully saturated rings. The van der Waals surface area contributed by atoms with Gasteiger partial charge in [-0.2, -0.15) is 0 Å². The number of carboxylic acids is 1. The molecular formula is C57H82N16O17S4. The summed E-state index contributed by atoms with van der Waals surface area (Å²) in [7, 11) is 3.47. The Balaban J connectivity index is 1.40. The van der Waals surface area contributed by atoms with Crippen LogP contribution in [0.2, 0.25) is 0 Å². The van der Waals surface area contributed by atoms with Crippen molar-refractivity contribution in [3.63, 3.8) is 0 Å². The first-order chi connectivity index (χ1) is 44.7. The first-order valence-corrected chi connectivity index (χ1v) is 35.4. The van der Waals surface area contributed by atoms with Crippen LogP contribution in [-0.4, -0.2) is 235 Å². The smallest absolute Gasteiger partial charge is 0.327 e. The first-order valence-electron chi connectivity index (χ1n) is 30.4. The number of aliphatic hydroxyl groups is 1. The standard InChI is InChI=1S/C57H82N16O17S4/c1-27(2)44(71-43(78)21-60-47(79)33-12-13-41(76)63-33)53(85)68-38-24-93-94-25-39(57(89)90)70-55(87)46-40(75)14-16-73(46)56(88)35(18-30-19-59-26-62-30)66-51(83)37-23-92-91-22-36(67-52(38)84)48(80)61-20-42(77)64-34(17-29-8-10-31(74)11-9-29)50(82)65-32(7-5-6-15-58)49(81)72-45(28(3)4)54(86)69-37/h8-11,19,26-28,32-40,44-46,74-75H,5-7,12-18,20-25,58H2,1-4H3,(H,59,62)(H,60,79)(H,61,80)(H,63,76)(H,64,77)(H,65,82)(H,66,83)(H,67,84)(H,68,85)(H,69,86)(H,70,87)(H,71,78)(H,72,81)(H,89,90)/t32-,33-,34-,35-,36-,37-,38-,39-,40-,44-,45-,46-/m0/s1. The van der Waals surface area contributed by atoms with Gasteiger partial charge in [0.1, 0.15) is 72.2 Å². The Labute approximate surface area is 556 Å². The summed E-state index contributed by atoms with van der Waals surface area (Å²) < 4.78 is 0. The van der Waals surface area contributed by atoms with E-state index in [0.717, 1.165) is 48.1 Å². The Morgan fingerprint density at radius 3 is 1.99 bits per heavy atom. The molecule has 4 aliphatic rings. The second-order valence-electron chi connectivity index (χ2n) is 23.3. The molecule has 12 atom stereocenters.